The number of nitrogens with one attached hydrogen (secondary N) is 1. The number of hydrogen-bond donors (Lipinski definition) is 2. The summed E-state index contributed by atoms with van der Waals surface area (Å²) >= 11 is 1.40. The molecular weight excluding hydrogens is 246 g/mol. The van der Waals surface area contributed by atoms with Gasteiger partial charge in [-0.3, -0.25) is 4.79 Å². The second kappa shape index (κ2) is 6.33. The van der Waals surface area contributed by atoms with Gasteiger partial charge in [0.15, 0.2) is 0 Å². The lowest BCUT2D eigenvalue weighted by Crippen LogP contribution is -2.38. The SMILES string of the molecule is O=C(NC(CO)Cc1ccccc1)c1cccs1. The topological polar surface area (TPSA) is 49.3 Å². The first kappa shape index (κ1) is 12.8. The number of aliphatic hydroxyl groups is 1. The van der Waals surface area contributed by atoms with Crippen molar-refractivity contribution < 1.29 is 9.90 Å². The minimum Gasteiger partial charge on any atom is -0.394 e. The minimum atomic E-state index is -0.248. The lowest BCUT2D eigenvalue weighted by atomic mass is 10.1. The molecule has 0 aliphatic heterocycles. The van der Waals surface area contributed by atoms with E-state index in [-0.39, 0.29) is 18.6 Å². The zero-order valence-corrected chi connectivity index (χ0v) is 10.7. The van der Waals surface area contributed by atoms with E-state index < -0.39 is 0 Å². The normalized spacial score (nSPS) is 12.1. The fourth-order valence-corrected chi connectivity index (χ4v) is 2.35. The lowest BCUT2D eigenvalue weighted by Gasteiger charge is -2.15. The van der Waals surface area contributed by atoms with Crippen LogP contribution in [0.4, 0.5) is 0 Å². The second-order valence-electron chi connectivity index (χ2n) is 4.02. The van der Waals surface area contributed by atoms with Gasteiger partial charge < -0.3 is 10.4 Å². The predicted molar refractivity (Wildman–Crippen MR) is 72.8 cm³/mol. The predicted octanol–water partition coefficient (Wildman–Crippen LogP) is 2.08. The Kier molecular flexibility index (Phi) is 4.50. The van der Waals surface area contributed by atoms with Crippen molar-refractivity contribution >= 4 is 17.2 Å². The summed E-state index contributed by atoms with van der Waals surface area (Å²) in [5, 5.41) is 14.0. The van der Waals surface area contributed by atoms with Gasteiger partial charge in [0.05, 0.1) is 17.5 Å². The van der Waals surface area contributed by atoms with Gasteiger partial charge >= 0.3 is 0 Å². The fourth-order valence-electron chi connectivity index (χ4n) is 1.72. The van der Waals surface area contributed by atoms with Crippen molar-refractivity contribution in [1.82, 2.24) is 5.32 Å². The molecule has 1 aromatic carbocycles. The van der Waals surface area contributed by atoms with Crippen LogP contribution >= 0.6 is 11.3 Å². The van der Waals surface area contributed by atoms with Crippen molar-refractivity contribution in [3.8, 4) is 0 Å². The maximum Gasteiger partial charge on any atom is 0.261 e. The fraction of sp³-hybridized carbons (Fsp3) is 0.214. The molecule has 94 valence electrons. The monoisotopic (exact) mass is 261 g/mol. The highest BCUT2D eigenvalue weighted by molar-refractivity contribution is 7.12. The first-order valence-corrected chi connectivity index (χ1v) is 6.66. The molecule has 0 fully saturated rings. The Morgan fingerprint density at radius 2 is 2.00 bits per heavy atom. The van der Waals surface area contributed by atoms with E-state index in [1.54, 1.807) is 6.07 Å². The Bertz CT molecular complexity index is 482. The lowest BCUT2D eigenvalue weighted by molar-refractivity contribution is 0.0920. The molecule has 0 spiro atoms. The molecule has 0 bridgehead atoms. The van der Waals surface area contributed by atoms with Crippen LogP contribution in [0.5, 0.6) is 0 Å². The minimum absolute atomic E-state index is 0.0635. The van der Waals surface area contributed by atoms with Crippen molar-refractivity contribution in [2.45, 2.75) is 12.5 Å². The summed E-state index contributed by atoms with van der Waals surface area (Å²) in [5.74, 6) is -0.125. The zero-order valence-electron chi connectivity index (χ0n) is 9.87. The molecule has 2 aromatic rings. The van der Waals surface area contributed by atoms with Gasteiger partial charge in [-0.05, 0) is 23.4 Å². The third-order valence-electron chi connectivity index (χ3n) is 2.63. The van der Waals surface area contributed by atoms with Gasteiger partial charge in [-0.25, -0.2) is 0 Å². The number of thiophene rings is 1. The van der Waals surface area contributed by atoms with E-state index in [1.165, 1.54) is 11.3 Å². The summed E-state index contributed by atoms with van der Waals surface area (Å²) in [6, 6.07) is 13.2. The highest BCUT2D eigenvalue weighted by Gasteiger charge is 2.13. The molecular formula is C14H15NO2S. The molecule has 1 amide bonds. The Morgan fingerprint density at radius 1 is 1.22 bits per heavy atom. The maximum absolute atomic E-state index is 11.9. The summed E-state index contributed by atoms with van der Waals surface area (Å²) in [5.41, 5.74) is 1.10. The first-order valence-electron chi connectivity index (χ1n) is 5.78. The highest BCUT2D eigenvalue weighted by atomic mass is 32.1. The van der Waals surface area contributed by atoms with Gasteiger partial charge in [-0.15, -0.1) is 11.3 Å². The average molecular weight is 261 g/mol. The van der Waals surface area contributed by atoms with Crippen LogP contribution in [0.3, 0.4) is 0 Å². The molecule has 3 nitrogen and oxygen atoms in total. The molecule has 2 rings (SSSR count). The molecule has 0 aliphatic carbocycles. The van der Waals surface area contributed by atoms with Gasteiger partial charge in [0, 0.05) is 0 Å². The molecule has 4 heteroatoms. The summed E-state index contributed by atoms with van der Waals surface area (Å²) in [6.45, 7) is -0.0635. The van der Waals surface area contributed by atoms with Crippen molar-refractivity contribution in [3.63, 3.8) is 0 Å². The van der Waals surface area contributed by atoms with Gasteiger partial charge in [0.25, 0.3) is 5.91 Å². The largest absolute Gasteiger partial charge is 0.394 e. The third-order valence-corrected chi connectivity index (χ3v) is 3.49. The van der Waals surface area contributed by atoms with Crippen molar-refractivity contribution in [2.24, 2.45) is 0 Å². The molecule has 1 unspecified atom stereocenters. The van der Waals surface area contributed by atoms with Crippen molar-refractivity contribution in [1.29, 1.82) is 0 Å². The molecule has 0 saturated heterocycles. The summed E-state index contributed by atoms with van der Waals surface area (Å²) < 4.78 is 0. The quantitative estimate of drug-likeness (QED) is 0.865. The van der Waals surface area contributed by atoms with Crippen LogP contribution in [0.1, 0.15) is 15.2 Å². The van der Waals surface area contributed by atoms with Crippen LogP contribution in [0.2, 0.25) is 0 Å². The van der Waals surface area contributed by atoms with E-state index in [0.29, 0.717) is 11.3 Å². The highest BCUT2D eigenvalue weighted by Crippen LogP contribution is 2.09. The summed E-state index contributed by atoms with van der Waals surface area (Å²) in [7, 11) is 0. The molecule has 1 atom stereocenters. The van der Waals surface area contributed by atoms with Crippen molar-refractivity contribution in [3.05, 3.63) is 58.3 Å². The third kappa shape index (κ3) is 3.42. The van der Waals surface area contributed by atoms with Crippen LogP contribution in [-0.4, -0.2) is 23.7 Å². The molecule has 18 heavy (non-hydrogen) atoms. The Labute approximate surface area is 110 Å². The molecule has 0 aliphatic rings. The zero-order chi connectivity index (χ0) is 12.8. The van der Waals surface area contributed by atoms with Gasteiger partial charge in [-0.2, -0.15) is 0 Å². The van der Waals surface area contributed by atoms with Crippen LogP contribution in [0, 0.1) is 0 Å². The number of amides is 1. The average Bonchev–Trinajstić information content (AvgIpc) is 2.93. The maximum atomic E-state index is 11.9. The first-order chi connectivity index (χ1) is 8.79. The molecule has 0 radical (unpaired) electrons. The molecule has 1 heterocycles. The number of aliphatic hydroxyl groups excluding tert-OH is 1. The second-order valence-corrected chi connectivity index (χ2v) is 4.97. The molecule has 1 aromatic heterocycles. The van der Waals surface area contributed by atoms with Crippen LogP contribution in [-0.2, 0) is 6.42 Å². The number of carbonyl (C=O) groups excluding carboxylic acids is 1. The van der Waals surface area contributed by atoms with Gasteiger partial charge in [0.1, 0.15) is 0 Å². The smallest absolute Gasteiger partial charge is 0.261 e. The Hall–Kier alpha value is -1.65. The van der Waals surface area contributed by atoms with Gasteiger partial charge in [0.2, 0.25) is 0 Å². The number of hydrogen-bond acceptors (Lipinski definition) is 3. The van der Waals surface area contributed by atoms with Crippen LogP contribution < -0.4 is 5.32 Å². The Morgan fingerprint density at radius 3 is 2.61 bits per heavy atom. The van der Waals surface area contributed by atoms with E-state index in [2.05, 4.69) is 5.32 Å². The number of rotatable bonds is 5. The summed E-state index contributed by atoms with van der Waals surface area (Å²) in [4.78, 5) is 12.5. The van der Waals surface area contributed by atoms with E-state index in [9.17, 15) is 9.90 Å². The summed E-state index contributed by atoms with van der Waals surface area (Å²) in [6.07, 6.45) is 0.633. The van der Waals surface area contributed by atoms with E-state index in [1.807, 2.05) is 41.8 Å². The van der Waals surface area contributed by atoms with Crippen molar-refractivity contribution in [2.75, 3.05) is 6.61 Å². The van der Waals surface area contributed by atoms with Crippen LogP contribution in [0.15, 0.2) is 47.8 Å². The standard InChI is InChI=1S/C14H15NO2S/c16-10-12(9-11-5-2-1-3-6-11)15-14(17)13-7-4-8-18-13/h1-8,12,16H,9-10H2,(H,15,17). The molecule has 0 saturated carbocycles. The van der Waals surface area contributed by atoms with Gasteiger partial charge in [-0.1, -0.05) is 36.4 Å². The van der Waals surface area contributed by atoms with E-state index in [4.69, 9.17) is 0 Å². The number of carbonyl (C=O) groups is 1. The number of benzene rings is 1. The van der Waals surface area contributed by atoms with E-state index >= 15 is 0 Å². The van der Waals surface area contributed by atoms with Crippen LogP contribution in [0.25, 0.3) is 0 Å². The van der Waals surface area contributed by atoms with E-state index in [0.717, 1.165) is 5.56 Å². The Balaban J connectivity index is 1.96. The molecule has 2 N–H and O–H groups in total.